The first-order chi connectivity index (χ1) is 10.1. The van der Waals surface area contributed by atoms with Gasteiger partial charge in [0.25, 0.3) is 0 Å². The highest BCUT2D eigenvalue weighted by molar-refractivity contribution is 5.96. The van der Waals surface area contributed by atoms with E-state index in [0.29, 0.717) is 18.7 Å². The summed E-state index contributed by atoms with van der Waals surface area (Å²) in [4.78, 5) is 20.4. The number of rotatable bonds is 6. The molecule has 5 nitrogen and oxygen atoms in total. The Balaban J connectivity index is 2.10. The number of hydrogen-bond acceptors (Lipinski definition) is 5. The van der Waals surface area contributed by atoms with Crippen LogP contribution in [0.25, 0.3) is 0 Å². The van der Waals surface area contributed by atoms with E-state index < -0.39 is 0 Å². The average molecular weight is 286 g/mol. The second-order valence-corrected chi connectivity index (χ2v) is 4.68. The lowest BCUT2D eigenvalue weighted by Crippen LogP contribution is -2.08. The summed E-state index contributed by atoms with van der Waals surface area (Å²) in [5, 5.41) is 0. The topological polar surface area (TPSA) is 61.3 Å². The van der Waals surface area contributed by atoms with Gasteiger partial charge in [-0.15, -0.1) is 0 Å². The number of aryl methyl sites for hydroxylation is 2. The minimum absolute atomic E-state index is 0.0940. The third-order valence-electron chi connectivity index (χ3n) is 3.11. The predicted molar refractivity (Wildman–Crippen MR) is 79.0 cm³/mol. The molecule has 0 unspecified atom stereocenters. The second-order valence-electron chi connectivity index (χ2n) is 4.68. The Bertz CT molecular complexity index is 641. The molecule has 0 saturated carbocycles. The monoisotopic (exact) mass is 286 g/mol. The summed E-state index contributed by atoms with van der Waals surface area (Å²) in [5.41, 5.74) is 2.55. The van der Waals surface area contributed by atoms with Gasteiger partial charge in [-0.1, -0.05) is 29.8 Å². The SMILES string of the molecule is COc1cnc(C(=O)CCc2cccc(C)c2)c(OC)n1. The summed E-state index contributed by atoms with van der Waals surface area (Å²) in [6.45, 7) is 2.03. The standard InChI is InChI=1S/C16H18N2O3/c1-11-5-4-6-12(9-11)7-8-13(19)15-16(21-3)18-14(20-2)10-17-15/h4-6,9-10H,7-8H2,1-3H3. The molecule has 0 aliphatic heterocycles. The zero-order valence-corrected chi connectivity index (χ0v) is 12.4. The Morgan fingerprint density at radius 3 is 2.71 bits per heavy atom. The summed E-state index contributed by atoms with van der Waals surface area (Å²) in [7, 11) is 2.95. The molecule has 0 aliphatic rings. The first-order valence-electron chi connectivity index (χ1n) is 6.68. The predicted octanol–water partition coefficient (Wildman–Crippen LogP) is 2.62. The van der Waals surface area contributed by atoms with Crippen molar-refractivity contribution in [2.45, 2.75) is 19.8 Å². The van der Waals surface area contributed by atoms with Crippen molar-refractivity contribution in [2.24, 2.45) is 0 Å². The molecule has 2 aromatic rings. The van der Waals surface area contributed by atoms with Crippen molar-refractivity contribution in [2.75, 3.05) is 14.2 Å². The van der Waals surface area contributed by atoms with E-state index in [-0.39, 0.29) is 17.4 Å². The first-order valence-corrected chi connectivity index (χ1v) is 6.68. The summed E-state index contributed by atoms with van der Waals surface area (Å²) < 4.78 is 10.1. The largest absolute Gasteiger partial charge is 0.480 e. The van der Waals surface area contributed by atoms with Crippen LogP contribution in [0.2, 0.25) is 0 Å². The van der Waals surface area contributed by atoms with Crippen molar-refractivity contribution < 1.29 is 14.3 Å². The van der Waals surface area contributed by atoms with Gasteiger partial charge in [-0.3, -0.25) is 4.79 Å². The second kappa shape index (κ2) is 6.83. The van der Waals surface area contributed by atoms with Crippen LogP contribution < -0.4 is 9.47 Å². The van der Waals surface area contributed by atoms with Crippen molar-refractivity contribution in [3.63, 3.8) is 0 Å². The highest BCUT2D eigenvalue weighted by atomic mass is 16.5. The summed E-state index contributed by atoms with van der Waals surface area (Å²) >= 11 is 0. The van der Waals surface area contributed by atoms with Gasteiger partial charge in [0.15, 0.2) is 11.5 Å². The molecule has 0 aliphatic carbocycles. The molecule has 0 bridgehead atoms. The van der Waals surface area contributed by atoms with Crippen molar-refractivity contribution in [1.29, 1.82) is 0 Å². The number of benzene rings is 1. The van der Waals surface area contributed by atoms with Gasteiger partial charge in [0.1, 0.15) is 0 Å². The van der Waals surface area contributed by atoms with Crippen LogP contribution >= 0.6 is 0 Å². The van der Waals surface area contributed by atoms with Crippen LogP contribution in [0.4, 0.5) is 0 Å². The van der Waals surface area contributed by atoms with E-state index in [1.807, 2.05) is 25.1 Å². The molecule has 0 saturated heterocycles. The third kappa shape index (κ3) is 3.78. The van der Waals surface area contributed by atoms with E-state index in [0.717, 1.165) is 5.56 Å². The molecule has 21 heavy (non-hydrogen) atoms. The van der Waals surface area contributed by atoms with E-state index in [1.165, 1.54) is 26.0 Å². The minimum atomic E-state index is -0.0940. The number of Topliss-reactive ketones (excluding diaryl/α,β-unsaturated/α-hetero) is 1. The molecule has 0 radical (unpaired) electrons. The van der Waals surface area contributed by atoms with Gasteiger partial charge in [-0.25, -0.2) is 4.98 Å². The highest BCUT2D eigenvalue weighted by Gasteiger charge is 2.16. The van der Waals surface area contributed by atoms with Crippen LogP contribution in [0.1, 0.15) is 28.0 Å². The lowest BCUT2D eigenvalue weighted by molar-refractivity contribution is 0.0973. The van der Waals surface area contributed by atoms with E-state index >= 15 is 0 Å². The normalized spacial score (nSPS) is 10.2. The van der Waals surface area contributed by atoms with Crippen molar-refractivity contribution in [3.8, 4) is 11.8 Å². The number of carbonyl (C=O) groups is 1. The smallest absolute Gasteiger partial charge is 0.246 e. The van der Waals surface area contributed by atoms with Crippen LogP contribution in [-0.4, -0.2) is 30.0 Å². The number of methoxy groups -OCH3 is 2. The molecule has 0 atom stereocenters. The molecule has 110 valence electrons. The Morgan fingerprint density at radius 1 is 1.24 bits per heavy atom. The van der Waals surface area contributed by atoms with Crippen LogP contribution in [0, 0.1) is 6.92 Å². The van der Waals surface area contributed by atoms with Gasteiger partial charge >= 0.3 is 0 Å². The number of carbonyl (C=O) groups excluding carboxylic acids is 1. The molecular weight excluding hydrogens is 268 g/mol. The Hall–Kier alpha value is -2.43. The average Bonchev–Trinajstić information content (AvgIpc) is 2.52. The number of nitrogens with zero attached hydrogens (tertiary/aromatic N) is 2. The van der Waals surface area contributed by atoms with Crippen LogP contribution in [-0.2, 0) is 6.42 Å². The molecule has 2 rings (SSSR count). The fourth-order valence-electron chi connectivity index (χ4n) is 2.03. The Morgan fingerprint density at radius 2 is 2.05 bits per heavy atom. The number of aromatic nitrogens is 2. The third-order valence-corrected chi connectivity index (χ3v) is 3.11. The van der Waals surface area contributed by atoms with Crippen molar-refractivity contribution in [1.82, 2.24) is 9.97 Å². The van der Waals surface area contributed by atoms with E-state index in [1.54, 1.807) is 0 Å². The first kappa shape index (κ1) is 15.0. The lowest BCUT2D eigenvalue weighted by Gasteiger charge is -2.07. The summed E-state index contributed by atoms with van der Waals surface area (Å²) in [6.07, 6.45) is 2.45. The van der Waals surface area contributed by atoms with E-state index in [9.17, 15) is 4.79 Å². The fourth-order valence-corrected chi connectivity index (χ4v) is 2.03. The lowest BCUT2D eigenvalue weighted by atomic mass is 10.0. The maximum Gasteiger partial charge on any atom is 0.246 e. The molecular formula is C16H18N2O3. The summed E-state index contributed by atoms with van der Waals surface area (Å²) in [6, 6.07) is 8.10. The molecule has 0 N–H and O–H groups in total. The van der Waals surface area contributed by atoms with Crippen molar-refractivity contribution >= 4 is 5.78 Å². The van der Waals surface area contributed by atoms with Crippen LogP contribution in [0.5, 0.6) is 11.8 Å². The van der Waals surface area contributed by atoms with Gasteiger partial charge < -0.3 is 9.47 Å². The van der Waals surface area contributed by atoms with Crippen molar-refractivity contribution in [3.05, 3.63) is 47.3 Å². The maximum atomic E-state index is 12.3. The Labute approximate surface area is 124 Å². The Kier molecular flexibility index (Phi) is 4.87. The van der Waals surface area contributed by atoms with Gasteiger partial charge in [0, 0.05) is 6.42 Å². The molecule has 0 amide bonds. The molecule has 1 aromatic heterocycles. The molecule has 1 aromatic carbocycles. The van der Waals surface area contributed by atoms with E-state index in [2.05, 4.69) is 16.0 Å². The van der Waals surface area contributed by atoms with Crippen LogP contribution in [0.15, 0.2) is 30.5 Å². The van der Waals surface area contributed by atoms with Gasteiger partial charge in [0.05, 0.1) is 20.4 Å². The van der Waals surface area contributed by atoms with Gasteiger partial charge in [0.2, 0.25) is 11.8 Å². The maximum absolute atomic E-state index is 12.3. The minimum Gasteiger partial charge on any atom is -0.480 e. The number of ketones is 1. The zero-order valence-electron chi connectivity index (χ0n) is 12.4. The van der Waals surface area contributed by atoms with E-state index in [4.69, 9.17) is 9.47 Å². The highest BCUT2D eigenvalue weighted by Crippen LogP contribution is 2.19. The van der Waals surface area contributed by atoms with Crippen LogP contribution in [0.3, 0.4) is 0 Å². The number of ether oxygens (including phenoxy) is 2. The quantitative estimate of drug-likeness (QED) is 0.764. The molecule has 0 fully saturated rings. The summed E-state index contributed by atoms with van der Waals surface area (Å²) in [5.74, 6) is 0.425. The fraction of sp³-hybridized carbons (Fsp3) is 0.312. The molecule has 1 heterocycles. The molecule has 5 heteroatoms. The van der Waals surface area contributed by atoms with Gasteiger partial charge in [-0.2, -0.15) is 4.98 Å². The number of hydrogen-bond donors (Lipinski definition) is 0. The zero-order chi connectivity index (χ0) is 15.2. The molecule has 0 spiro atoms. The van der Waals surface area contributed by atoms with Gasteiger partial charge in [-0.05, 0) is 18.9 Å².